The Balaban J connectivity index is 1.62. The fraction of sp³-hybridized carbons (Fsp3) is 0.517. The highest BCUT2D eigenvalue weighted by molar-refractivity contribution is 6.30. The van der Waals surface area contributed by atoms with Gasteiger partial charge in [-0.05, 0) is 31.2 Å². The van der Waals surface area contributed by atoms with Crippen LogP contribution in [0.5, 0.6) is 0 Å². The maximum absolute atomic E-state index is 13.6. The summed E-state index contributed by atoms with van der Waals surface area (Å²) >= 11 is 5.97. The highest BCUT2D eigenvalue weighted by atomic mass is 35.5. The van der Waals surface area contributed by atoms with E-state index in [1.54, 1.807) is 26.7 Å². The highest BCUT2D eigenvalue weighted by Crippen LogP contribution is 2.20. The molecule has 1 aromatic carbocycles. The minimum atomic E-state index is -0.690. The van der Waals surface area contributed by atoms with Crippen LogP contribution in [-0.4, -0.2) is 66.3 Å². The topological polar surface area (TPSA) is 127 Å². The van der Waals surface area contributed by atoms with Crippen LogP contribution in [0.1, 0.15) is 62.8 Å². The smallest absolute Gasteiger partial charge is 0.243 e. The summed E-state index contributed by atoms with van der Waals surface area (Å²) in [6, 6.07) is 8.70. The molecule has 41 heavy (non-hydrogen) atoms. The van der Waals surface area contributed by atoms with Gasteiger partial charge >= 0.3 is 0 Å². The molecule has 0 spiro atoms. The molecule has 3 heterocycles. The molecule has 220 valence electrons. The van der Waals surface area contributed by atoms with E-state index in [-0.39, 0.29) is 36.5 Å². The van der Waals surface area contributed by atoms with Gasteiger partial charge in [-0.3, -0.25) is 19.1 Å². The molecule has 2 aromatic heterocycles. The minimum Gasteiger partial charge on any atom is -0.344 e. The predicted molar refractivity (Wildman–Crippen MR) is 155 cm³/mol. The van der Waals surface area contributed by atoms with Gasteiger partial charge in [-0.2, -0.15) is 10.2 Å². The molecule has 0 radical (unpaired) electrons. The third-order valence-corrected chi connectivity index (χ3v) is 7.65. The summed E-state index contributed by atoms with van der Waals surface area (Å²) in [5, 5.41) is 15.4. The molecule has 3 atom stereocenters. The lowest BCUT2D eigenvalue weighted by Gasteiger charge is -2.28. The summed E-state index contributed by atoms with van der Waals surface area (Å²) in [6.45, 7) is 7.36. The van der Waals surface area contributed by atoms with Gasteiger partial charge in [-0.25, -0.2) is 9.67 Å². The van der Waals surface area contributed by atoms with Crippen molar-refractivity contribution in [2.45, 2.75) is 78.0 Å². The largest absolute Gasteiger partial charge is 0.344 e. The van der Waals surface area contributed by atoms with Gasteiger partial charge < -0.3 is 15.5 Å². The van der Waals surface area contributed by atoms with Gasteiger partial charge in [0, 0.05) is 38.7 Å². The molecule has 2 N–H and O–H groups in total. The van der Waals surface area contributed by atoms with Crippen LogP contribution >= 0.6 is 11.6 Å². The zero-order chi connectivity index (χ0) is 29.4. The van der Waals surface area contributed by atoms with Crippen LogP contribution in [0.4, 0.5) is 0 Å². The van der Waals surface area contributed by atoms with Crippen molar-refractivity contribution in [3.8, 4) is 0 Å². The molecule has 0 unspecified atom stereocenters. The molecular formula is C29H39ClN8O3. The molecule has 0 aliphatic carbocycles. The molecule has 11 nitrogen and oxygen atoms in total. The zero-order valence-corrected chi connectivity index (χ0v) is 24.7. The number of fused-ring (bicyclic) bond motifs is 1. The number of carbonyl (C=O) groups is 3. The summed E-state index contributed by atoms with van der Waals surface area (Å²) < 4.78 is 3.43. The third kappa shape index (κ3) is 8.39. The molecule has 3 amide bonds. The highest BCUT2D eigenvalue weighted by Gasteiger charge is 2.30. The lowest BCUT2D eigenvalue weighted by atomic mass is 9.97. The fourth-order valence-corrected chi connectivity index (χ4v) is 5.15. The second kappa shape index (κ2) is 14.2. The Hall–Kier alpha value is -3.73. The van der Waals surface area contributed by atoms with Crippen molar-refractivity contribution in [1.29, 1.82) is 0 Å². The Bertz CT molecular complexity index is 1320. The number of carbonyl (C=O) groups excluding carboxylic acids is 3. The lowest BCUT2D eigenvalue weighted by Crippen LogP contribution is -2.51. The third-order valence-electron chi connectivity index (χ3n) is 7.45. The van der Waals surface area contributed by atoms with E-state index in [2.05, 4.69) is 20.8 Å². The van der Waals surface area contributed by atoms with Crippen LogP contribution in [0.3, 0.4) is 0 Å². The number of nitrogens with one attached hydrogen (secondary N) is 2. The number of amides is 3. The Kier molecular flexibility index (Phi) is 10.5. The van der Waals surface area contributed by atoms with Crippen LogP contribution in [0.2, 0.25) is 5.02 Å². The second-order valence-electron chi connectivity index (χ2n) is 10.6. The van der Waals surface area contributed by atoms with Crippen molar-refractivity contribution in [3.05, 3.63) is 65.0 Å². The average molecular weight is 583 g/mol. The number of benzene rings is 1. The van der Waals surface area contributed by atoms with Gasteiger partial charge in [0.15, 0.2) is 0 Å². The van der Waals surface area contributed by atoms with E-state index in [0.29, 0.717) is 55.7 Å². The molecule has 0 saturated heterocycles. The van der Waals surface area contributed by atoms with Gasteiger partial charge in [0.2, 0.25) is 17.7 Å². The summed E-state index contributed by atoms with van der Waals surface area (Å²) in [7, 11) is 0. The number of nitrogens with zero attached hydrogens (tertiary/aromatic N) is 6. The maximum atomic E-state index is 13.6. The summed E-state index contributed by atoms with van der Waals surface area (Å²) in [5.41, 5.74) is 1.03. The first kappa shape index (κ1) is 30.2. The Morgan fingerprint density at radius 1 is 1.15 bits per heavy atom. The van der Waals surface area contributed by atoms with Crippen LogP contribution in [0, 0.1) is 12.8 Å². The summed E-state index contributed by atoms with van der Waals surface area (Å²) in [4.78, 5) is 46.3. The van der Waals surface area contributed by atoms with Gasteiger partial charge in [0.1, 0.15) is 17.7 Å². The van der Waals surface area contributed by atoms with Crippen LogP contribution in [0.25, 0.3) is 0 Å². The van der Waals surface area contributed by atoms with Crippen molar-refractivity contribution in [2.24, 2.45) is 5.92 Å². The lowest BCUT2D eigenvalue weighted by molar-refractivity contribution is -0.132. The zero-order valence-electron chi connectivity index (χ0n) is 23.9. The number of hydrogen-bond acceptors (Lipinski definition) is 6. The van der Waals surface area contributed by atoms with E-state index in [1.807, 2.05) is 51.1 Å². The molecule has 3 aromatic rings. The molecule has 0 fully saturated rings. The van der Waals surface area contributed by atoms with E-state index in [4.69, 9.17) is 16.6 Å². The molecule has 0 bridgehead atoms. The number of aromatic nitrogens is 5. The summed E-state index contributed by atoms with van der Waals surface area (Å²) in [6.07, 6.45) is 5.37. The molecule has 1 aliphatic rings. The first-order valence-corrected chi connectivity index (χ1v) is 14.6. The minimum absolute atomic E-state index is 0.0471. The standard InChI is InChI=1S/C29H39ClN8O3/c1-4-20(2)27-29(41)33-24(17-22-9-6-5-7-10-22)28-32-21(3)35-38(28)16-15-36(13-8-11-25(39)34-27)26(40)12-14-37-19-23(30)18-31-37/h5-7,9-10,18-20,24,27H,4,8,11-17H2,1-3H3,(H,33,41)(H,34,39)/t20-,24-,27-/m0/s1. The van der Waals surface area contributed by atoms with E-state index in [9.17, 15) is 14.4 Å². The van der Waals surface area contributed by atoms with E-state index >= 15 is 0 Å². The van der Waals surface area contributed by atoms with Crippen molar-refractivity contribution in [2.75, 3.05) is 13.1 Å². The van der Waals surface area contributed by atoms with E-state index in [1.165, 1.54) is 0 Å². The maximum Gasteiger partial charge on any atom is 0.243 e. The van der Waals surface area contributed by atoms with Crippen molar-refractivity contribution in [1.82, 2.24) is 40.1 Å². The fourth-order valence-electron chi connectivity index (χ4n) is 5.00. The van der Waals surface area contributed by atoms with Crippen LogP contribution in [-0.2, 0) is 33.9 Å². The number of halogens is 1. The molecule has 4 rings (SSSR count). The number of aryl methyl sites for hydroxylation is 2. The SMILES string of the molecule is CC[C@H](C)[C@@H]1NC(=O)CCCN(C(=O)CCn2cc(Cl)cn2)CCn2nc(C)nc2[C@H](Cc2ccccc2)NC1=O. The molecule has 1 aliphatic heterocycles. The van der Waals surface area contributed by atoms with Gasteiger partial charge in [0.25, 0.3) is 0 Å². The average Bonchev–Trinajstić information content (AvgIpc) is 3.55. The number of rotatable bonds is 7. The second-order valence-corrected chi connectivity index (χ2v) is 11.0. The normalized spacial score (nSPS) is 19.6. The van der Waals surface area contributed by atoms with Crippen molar-refractivity contribution in [3.63, 3.8) is 0 Å². The Morgan fingerprint density at radius 2 is 1.93 bits per heavy atom. The van der Waals surface area contributed by atoms with E-state index < -0.39 is 12.1 Å². The predicted octanol–water partition coefficient (Wildman–Crippen LogP) is 3.08. The monoisotopic (exact) mass is 582 g/mol. The van der Waals surface area contributed by atoms with Crippen molar-refractivity contribution < 1.29 is 14.4 Å². The first-order valence-electron chi connectivity index (χ1n) is 14.2. The van der Waals surface area contributed by atoms with Crippen LogP contribution < -0.4 is 10.6 Å². The Morgan fingerprint density at radius 3 is 2.63 bits per heavy atom. The van der Waals surface area contributed by atoms with Crippen LogP contribution in [0.15, 0.2) is 42.7 Å². The quantitative estimate of drug-likeness (QED) is 0.441. The van der Waals surface area contributed by atoms with Gasteiger partial charge in [-0.1, -0.05) is 62.2 Å². The first-order chi connectivity index (χ1) is 19.7. The summed E-state index contributed by atoms with van der Waals surface area (Å²) in [5.74, 6) is 0.626. The van der Waals surface area contributed by atoms with Crippen molar-refractivity contribution >= 4 is 29.3 Å². The molecule has 0 saturated carbocycles. The van der Waals surface area contributed by atoms with E-state index in [0.717, 1.165) is 12.0 Å². The van der Waals surface area contributed by atoms with Gasteiger partial charge in [0.05, 0.1) is 23.8 Å². The Labute approximate surface area is 245 Å². The number of hydrogen-bond donors (Lipinski definition) is 2. The molecule has 12 heteroatoms. The van der Waals surface area contributed by atoms with Gasteiger partial charge in [-0.15, -0.1) is 0 Å². The molecular weight excluding hydrogens is 544 g/mol.